The lowest BCUT2D eigenvalue weighted by atomic mass is 10.2. The van der Waals surface area contributed by atoms with E-state index in [9.17, 15) is 14.9 Å². The normalized spacial score (nSPS) is 10.5. The lowest BCUT2D eigenvalue weighted by Gasteiger charge is -2.09. The number of nitro groups is 1. The van der Waals surface area contributed by atoms with Crippen LogP contribution in [0.5, 0.6) is 5.75 Å². The van der Waals surface area contributed by atoms with Crippen molar-refractivity contribution in [1.82, 2.24) is 4.57 Å². The molecule has 0 fully saturated rings. The van der Waals surface area contributed by atoms with E-state index in [2.05, 4.69) is 6.92 Å². The number of aromatic nitrogens is 1. The topological polar surface area (TPSA) is 74.4 Å². The van der Waals surface area contributed by atoms with E-state index in [0.29, 0.717) is 17.9 Å². The first kappa shape index (κ1) is 16.7. The fourth-order valence-corrected chi connectivity index (χ4v) is 2.26. The zero-order valence-electron chi connectivity index (χ0n) is 13.1. The molecule has 0 saturated carbocycles. The van der Waals surface area contributed by atoms with Gasteiger partial charge in [0.1, 0.15) is 5.75 Å². The number of pyridine rings is 1. The molecule has 2 aromatic rings. The Morgan fingerprint density at radius 1 is 1.22 bits per heavy atom. The summed E-state index contributed by atoms with van der Waals surface area (Å²) >= 11 is 0. The molecule has 0 saturated heterocycles. The van der Waals surface area contributed by atoms with E-state index in [1.165, 1.54) is 16.7 Å². The molecule has 1 aromatic heterocycles. The number of hydrogen-bond donors (Lipinski definition) is 0. The van der Waals surface area contributed by atoms with Gasteiger partial charge in [0.05, 0.1) is 18.1 Å². The molecule has 0 spiro atoms. The van der Waals surface area contributed by atoms with Crippen molar-refractivity contribution >= 4 is 5.69 Å². The van der Waals surface area contributed by atoms with Crippen LogP contribution >= 0.6 is 0 Å². The van der Waals surface area contributed by atoms with E-state index in [-0.39, 0.29) is 17.8 Å². The zero-order chi connectivity index (χ0) is 16.7. The standard InChI is InChI=1S/C17H20N2O4/c1-2-3-6-11-23-15-9-10-18(17(20)12-15)13-14-7-4-5-8-16(14)19(21)22/h4-5,7-10,12H,2-3,6,11,13H2,1H3. The number of unbranched alkanes of at least 4 members (excludes halogenated alkanes) is 2. The first-order valence-electron chi connectivity index (χ1n) is 7.67. The van der Waals surface area contributed by atoms with Crippen LogP contribution in [0.4, 0.5) is 5.69 Å². The van der Waals surface area contributed by atoms with Crippen molar-refractivity contribution in [2.45, 2.75) is 32.7 Å². The molecule has 122 valence electrons. The summed E-state index contributed by atoms with van der Waals surface area (Å²) in [6.45, 7) is 2.86. The van der Waals surface area contributed by atoms with Gasteiger partial charge >= 0.3 is 0 Å². The van der Waals surface area contributed by atoms with Crippen molar-refractivity contribution < 1.29 is 9.66 Å². The predicted octanol–water partition coefficient (Wildman–Crippen LogP) is 3.37. The maximum atomic E-state index is 12.1. The van der Waals surface area contributed by atoms with E-state index in [1.54, 1.807) is 30.5 Å². The molecule has 0 aliphatic heterocycles. The Bertz CT molecular complexity index is 725. The lowest BCUT2D eigenvalue weighted by molar-refractivity contribution is -0.385. The molecule has 0 aliphatic carbocycles. The second-order valence-corrected chi connectivity index (χ2v) is 5.27. The van der Waals surface area contributed by atoms with Gasteiger partial charge in [-0.1, -0.05) is 38.0 Å². The van der Waals surface area contributed by atoms with Crippen molar-refractivity contribution in [2.75, 3.05) is 6.61 Å². The second kappa shape index (κ2) is 8.12. The van der Waals surface area contributed by atoms with Gasteiger partial charge in [-0.25, -0.2) is 0 Å². The summed E-state index contributed by atoms with van der Waals surface area (Å²) in [5.41, 5.74) is 0.270. The SMILES string of the molecule is CCCCCOc1ccn(Cc2ccccc2[N+](=O)[O-])c(=O)c1. The molecular weight excluding hydrogens is 296 g/mol. The first-order chi connectivity index (χ1) is 11.1. The highest BCUT2D eigenvalue weighted by Gasteiger charge is 2.13. The summed E-state index contributed by atoms with van der Waals surface area (Å²) in [6, 6.07) is 9.55. The fourth-order valence-electron chi connectivity index (χ4n) is 2.26. The third-order valence-electron chi connectivity index (χ3n) is 3.51. The third-order valence-corrected chi connectivity index (χ3v) is 3.51. The van der Waals surface area contributed by atoms with Crippen LogP contribution in [0.1, 0.15) is 31.7 Å². The highest BCUT2D eigenvalue weighted by Crippen LogP contribution is 2.18. The number of benzene rings is 1. The Kier molecular flexibility index (Phi) is 5.91. The minimum Gasteiger partial charge on any atom is -0.493 e. The largest absolute Gasteiger partial charge is 0.493 e. The Morgan fingerprint density at radius 3 is 2.70 bits per heavy atom. The number of rotatable bonds is 8. The molecule has 0 atom stereocenters. The molecule has 2 rings (SSSR count). The summed E-state index contributed by atoms with van der Waals surface area (Å²) < 4.78 is 6.97. The van der Waals surface area contributed by atoms with Crippen LogP contribution in [0.15, 0.2) is 47.4 Å². The van der Waals surface area contributed by atoms with Gasteiger partial charge in [0.25, 0.3) is 11.2 Å². The first-order valence-corrected chi connectivity index (χ1v) is 7.67. The van der Waals surface area contributed by atoms with Gasteiger partial charge in [0, 0.05) is 23.9 Å². The molecule has 0 radical (unpaired) electrons. The van der Waals surface area contributed by atoms with Crippen LogP contribution in [-0.2, 0) is 6.54 Å². The molecule has 0 unspecified atom stereocenters. The van der Waals surface area contributed by atoms with Crippen molar-refractivity contribution in [3.63, 3.8) is 0 Å². The molecule has 0 N–H and O–H groups in total. The van der Waals surface area contributed by atoms with E-state index in [0.717, 1.165) is 19.3 Å². The Labute approximate surface area is 134 Å². The van der Waals surface area contributed by atoms with Gasteiger partial charge < -0.3 is 9.30 Å². The molecular formula is C17H20N2O4. The molecule has 6 nitrogen and oxygen atoms in total. The minimum atomic E-state index is -0.439. The zero-order valence-corrected chi connectivity index (χ0v) is 13.1. The van der Waals surface area contributed by atoms with Gasteiger partial charge in [0.15, 0.2) is 0 Å². The van der Waals surface area contributed by atoms with Crippen LogP contribution in [0, 0.1) is 10.1 Å². The van der Waals surface area contributed by atoms with Crippen molar-refractivity contribution in [2.24, 2.45) is 0 Å². The third kappa shape index (κ3) is 4.67. The van der Waals surface area contributed by atoms with E-state index in [4.69, 9.17) is 4.74 Å². The summed E-state index contributed by atoms with van der Waals surface area (Å²) in [5, 5.41) is 11.0. The Morgan fingerprint density at radius 2 is 2.00 bits per heavy atom. The average Bonchev–Trinajstić information content (AvgIpc) is 2.54. The quantitative estimate of drug-likeness (QED) is 0.425. The van der Waals surface area contributed by atoms with Gasteiger partial charge in [-0.3, -0.25) is 14.9 Å². The van der Waals surface area contributed by atoms with Crippen LogP contribution < -0.4 is 10.3 Å². The van der Waals surface area contributed by atoms with Crippen LogP contribution in [0.25, 0.3) is 0 Å². The van der Waals surface area contributed by atoms with Crippen molar-refractivity contribution in [3.8, 4) is 5.75 Å². The number of nitrogens with zero attached hydrogens (tertiary/aromatic N) is 2. The molecule has 1 heterocycles. The van der Waals surface area contributed by atoms with Crippen molar-refractivity contribution in [1.29, 1.82) is 0 Å². The van der Waals surface area contributed by atoms with E-state index < -0.39 is 4.92 Å². The van der Waals surface area contributed by atoms with Gasteiger partial charge in [-0.05, 0) is 12.5 Å². The summed E-state index contributed by atoms with van der Waals surface area (Å²) in [5.74, 6) is 0.532. The van der Waals surface area contributed by atoms with Gasteiger partial charge in [-0.15, -0.1) is 0 Å². The fraction of sp³-hybridized carbons (Fsp3) is 0.353. The van der Waals surface area contributed by atoms with Crippen LogP contribution in [-0.4, -0.2) is 16.1 Å². The molecule has 0 aliphatic rings. The summed E-state index contributed by atoms with van der Waals surface area (Å²) in [6.07, 6.45) is 4.76. The van der Waals surface area contributed by atoms with E-state index in [1.807, 2.05) is 0 Å². The molecule has 6 heteroatoms. The Balaban J connectivity index is 2.10. The van der Waals surface area contributed by atoms with Gasteiger partial charge in [-0.2, -0.15) is 0 Å². The number of hydrogen-bond acceptors (Lipinski definition) is 4. The highest BCUT2D eigenvalue weighted by atomic mass is 16.6. The summed E-state index contributed by atoms with van der Waals surface area (Å²) in [4.78, 5) is 22.7. The average molecular weight is 316 g/mol. The second-order valence-electron chi connectivity index (χ2n) is 5.27. The monoisotopic (exact) mass is 316 g/mol. The highest BCUT2D eigenvalue weighted by molar-refractivity contribution is 5.40. The Hall–Kier alpha value is -2.63. The predicted molar refractivity (Wildman–Crippen MR) is 87.9 cm³/mol. The van der Waals surface area contributed by atoms with Crippen molar-refractivity contribution in [3.05, 3.63) is 68.6 Å². The molecule has 1 aromatic carbocycles. The maximum absolute atomic E-state index is 12.1. The number of para-hydroxylation sites is 1. The number of ether oxygens (including phenoxy) is 1. The molecule has 0 amide bonds. The summed E-state index contributed by atoms with van der Waals surface area (Å²) in [7, 11) is 0. The molecule has 23 heavy (non-hydrogen) atoms. The smallest absolute Gasteiger partial charge is 0.274 e. The molecule has 0 bridgehead atoms. The van der Waals surface area contributed by atoms with Crippen LogP contribution in [0.3, 0.4) is 0 Å². The van der Waals surface area contributed by atoms with E-state index >= 15 is 0 Å². The van der Waals surface area contributed by atoms with Crippen LogP contribution in [0.2, 0.25) is 0 Å². The minimum absolute atomic E-state index is 0.0132. The number of nitro benzene ring substituents is 1. The maximum Gasteiger partial charge on any atom is 0.274 e. The van der Waals surface area contributed by atoms with Gasteiger partial charge in [0.2, 0.25) is 0 Å². The lowest BCUT2D eigenvalue weighted by Crippen LogP contribution is -2.19.